The Labute approximate surface area is 137 Å². The summed E-state index contributed by atoms with van der Waals surface area (Å²) in [6.07, 6.45) is 0.00182. The second kappa shape index (κ2) is 7.87. The maximum absolute atomic E-state index is 12.8. The first-order valence-corrected chi connectivity index (χ1v) is 7.01. The van der Waals surface area contributed by atoms with E-state index in [4.69, 9.17) is 0 Å². The summed E-state index contributed by atoms with van der Waals surface area (Å²) in [5.41, 5.74) is 5.73. The average Bonchev–Trinajstić information content (AvgIpc) is 2.61. The second-order valence-corrected chi connectivity index (χ2v) is 4.87. The van der Waals surface area contributed by atoms with E-state index in [1.54, 1.807) is 0 Å². The number of halogens is 1. The standard InChI is InChI=1S/C17H15FN2O4/c1-24-17(23)13-6-4-12(5-7-13)16(22)20-19-15(21)10-11-2-8-14(18)9-3-11/h2-9H,10H2,1H3,(H,19,21)(H,20,22). The van der Waals surface area contributed by atoms with Gasteiger partial charge in [-0.2, -0.15) is 0 Å². The molecule has 0 aromatic heterocycles. The molecule has 0 unspecified atom stereocenters. The predicted molar refractivity (Wildman–Crippen MR) is 83.5 cm³/mol. The highest BCUT2D eigenvalue weighted by Gasteiger charge is 2.10. The van der Waals surface area contributed by atoms with E-state index >= 15 is 0 Å². The van der Waals surface area contributed by atoms with E-state index in [9.17, 15) is 18.8 Å². The molecule has 7 heteroatoms. The summed E-state index contributed by atoms with van der Waals surface area (Å²) < 4.78 is 17.3. The van der Waals surface area contributed by atoms with Crippen LogP contribution in [-0.2, 0) is 16.0 Å². The van der Waals surface area contributed by atoms with Crippen LogP contribution in [0.15, 0.2) is 48.5 Å². The van der Waals surface area contributed by atoms with Gasteiger partial charge in [0.25, 0.3) is 5.91 Å². The fourth-order valence-corrected chi connectivity index (χ4v) is 1.91. The Kier molecular flexibility index (Phi) is 5.62. The molecule has 0 bridgehead atoms. The summed E-state index contributed by atoms with van der Waals surface area (Å²) in [4.78, 5) is 34.9. The number of carbonyl (C=O) groups is 3. The van der Waals surface area contributed by atoms with Crippen molar-refractivity contribution in [3.8, 4) is 0 Å². The van der Waals surface area contributed by atoms with Gasteiger partial charge in [0.2, 0.25) is 5.91 Å². The molecular formula is C17H15FN2O4. The number of ether oxygens (including phenoxy) is 1. The largest absolute Gasteiger partial charge is 0.465 e. The Hall–Kier alpha value is -3.22. The molecule has 2 aromatic carbocycles. The lowest BCUT2D eigenvalue weighted by Crippen LogP contribution is -2.42. The zero-order valence-electron chi connectivity index (χ0n) is 12.8. The Balaban J connectivity index is 1.87. The molecule has 0 fully saturated rings. The van der Waals surface area contributed by atoms with Crippen molar-refractivity contribution in [3.63, 3.8) is 0 Å². The SMILES string of the molecule is COC(=O)c1ccc(C(=O)NNC(=O)Cc2ccc(F)cc2)cc1. The summed E-state index contributed by atoms with van der Waals surface area (Å²) in [7, 11) is 1.26. The number of hydrogen-bond acceptors (Lipinski definition) is 4. The molecule has 0 saturated carbocycles. The van der Waals surface area contributed by atoms with Crippen molar-refractivity contribution in [2.24, 2.45) is 0 Å². The third-order valence-electron chi connectivity index (χ3n) is 3.16. The van der Waals surface area contributed by atoms with Crippen LogP contribution in [0.1, 0.15) is 26.3 Å². The summed E-state index contributed by atoms with van der Waals surface area (Å²) in [5, 5.41) is 0. The first-order valence-electron chi connectivity index (χ1n) is 7.01. The maximum atomic E-state index is 12.8. The molecule has 2 rings (SSSR count). The molecule has 24 heavy (non-hydrogen) atoms. The Morgan fingerprint density at radius 2 is 1.50 bits per heavy atom. The number of amides is 2. The van der Waals surface area contributed by atoms with Crippen molar-refractivity contribution in [3.05, 3.63) is 71.0 Å². The number of benzene rings is 2. The van der Waals surface area contributed by atoms with Crippen molar-refractivity contribution in [2.75, 3.05) is 7.11 Å². The Bertz CT molecular complexity index is 742. The van der Waals surface area contributed by atoms with E-state index in [-0.39, 0.29) is 17.8 Å². The quantitative estimate of drug-likeness (QED) is 0.659. The molecule has 2 N–H and O–H groups in total. The van der Waals surface area contributed by atoms with E-state index in [0.717, 1.165) is 0 Å². The molecule has 0 aliphatic carbocycles. The number of methoxy groups -OCH3 is 1. The number of carbonyl (C=O) groups excluding carboxylic acids is 3. The molecular weight excluding hydrogens is 315 g/mol. The molecule has 6 nitrogen and oxygen atoms in total. The minimum Gasteiger partial charge on any atom is -0.465 e. The number of hydrazine groups is 1. The van der Waals surface area contributed by atoms with Gasteiger partial charge in [0.05, 0.1) is 19.1 Å². The van der Waals surface area contributed by atoms with E-state index in [1.807, 2.05) is 0 Å². The van der Waals surface area contributed by atoms with Crippen LogP contribution in [0.2, 0.25) is 0 Å². The van der Waals surface area contributed by atoms with Crippen LogP contribution in [0.5, 0.6) is 0 Å². The van der Waals surface area contributed by atoms with Gasteiger partial charge in [0.15, 0.2) is 0 Å². The van der Waals surface area contributed by atoms with Crippen LogP contribution in [0.4, 0.5) is 4.39 Å². The first-order chi connectivity index (χ1) is 11.5. The van der Waals surface area contributed by atoms with Crippen LogP contribution >= 0.6 is 0 Å². The molecule has 0 heterocycles. The van der Waals surface area contributed by atoms with Gasteiger partial charge in [-0.15, -0.1) is 0 Å². The highest BCUT2D eigenvalue weighted by atomic mass is 19.1. The van der Waals surface area contributed by atoms with Gasteiger partial charge in [0, 0.05) is 5.56 Å². The smallest absolute Gasteiger partial charge is 0.337 e. The fraction of sp³-hybridized carbons (Fsp3) is 0.118. The lowest BCUT2D eigenvalue weighted by molar-refractivity contribution is -0.121. The van der Waals surface area contributed by atoms with E-state index in [2.05, 4.69) is 15.6 Å². The number of hydrogen-bond donors (Lipinski definition) is 2. The summed E-state index contributed by atoms with van der Waals surface area (Å²) in [6.45, 7) is 0. The number of rotatable bonds is 4. The molecule has 0 atom stereocenters. The Morgan fingerprint density at radius 1 is 0.917 bits per heavy atom. The lowest BCUT2D eigenvalue weighted by Gasteiger charge is -2.08. The molecule has 2 amide bonds. The van der Waals surface area contributed by atoms with E-state index in [0.29, 0.717) is 11.1 Å². The normalized spacial score (nSPS) is 9.92. The molecule has 0 aliphatic rings. The maximum Gasteiger partial charge on any atom is 0.337 e. The minimum absolute atomic E-state index is 0.00182. The lowest BCUT2D eigenvalue weighted by atomic mass is 10.1. The van der Waals surface area contributed by atoms with Gasteiger partial charge in [-0.25, -0.2) is 9.18 Å². The van der Waals surface area contributed by atoms with Gasteiger partial charge in [-0.1, -0.05) is 12.1 Å². The van der Waals surface area contributed by atoms with Crippen molar-refractivity contribution < 1.29 is 23.5 Å². The zero-order valence-corrected chi connectivity index (χ0v) is 12.8. The number of esters is 1. The van der Waals surface area contributed by atoms with Crippen LogP contribution in [0.25, 0.3) is 0 Å². The minimum atomic E-state index is -0.529. The average molecular weight is 330 g/mol. The third kappa shape index (κ3) is 4.64. The van der Waals surface area contributed by atoms with Gasteiger partial charge in [-0.05, 0) is 42.0 Å². The first kappa shape index (κ1) is 17.1. The Morgan fingerprint density at radius 3 is 2.08 bits per heavy atom. The van der Waals surface area contributed by atoms with Crippen molar-refractivity contribution >= 4 is 17.8 Å². The van der Waals surface area contributed by atoms with E-state index < -0.39 is 17.8 Å². The molecule has 0 aliphatic heterocycles. The monoisotopic (exact) mass is 330 g/mol. The zero-order chi connectivity index (χ0) is 17.5. The molecule has 2 aromatic rings. The summed E-state index contributed by atoms with van der Waals surface area (Å²) in [5.74, 6) is -1.86. The van der Waals surface area contributed by atoms with Gasteiger partial charge in [0.1, 0.15) is 5.82 Å². The van der Waals surface area contributed by atoms with Gasteiger partial charge in [-0.3, -0.25) is 20.4 Å². The second-order valence-electron chi connectivity index (χ2n) is 4.87. The van der Waals surface area contributed by atoms with Gasteiger partial charge >= 0.3 is 5.97 Å². The van der Waals surface area contributed by atoms with Crippen LogP contribution < -0.4 is 10.9 Å². The van der Waals surface area contributed by atoms with Crippen molar-refractivity contribution in [1.29, 1.82) is 0 Å². The summed E-state index contributed by atoms with van der Waals surface area (Å²) in [6, 6.07) is 11.3. The van der Waals surface area contributed by atoms with Crippen molar-refractivity contribution in [1.82, 2.24) is 10.9 Å². The number of nitrogens with one attached hydrogen (secondary N) is 2. The molecule has 0 saturated heterocycles. The molecule has 0 radical (unpaired) electrons. The van der Waals surface area contributed by atoms with Crippen LogP contribution in [-0.4, -0.2) is 24.9 Å². The highest BCUT2D eigenvalue weighted by Crippen LogP contribution is 2.06. The third-order valence-corrected chi connectivity index (χ3v) is 3.16. The molecule has 124 valence electrons. The van der Waals surface area contributed by atoms with Crippen molar-refractivity contribution in [2.45, 2.75) is 6.42 Å². The van der Waals surface area contributed by atoms with Crippen LogP contribution in [0.3, 0.4) is 0 Å². The highest BCUT2D eigenvalue weighted by molar-refractivity contribution is 5.97. The topological polar surface area (TPSA) is 84.5 Å². The molecule has 0 spiro atoms. The fourth-order valence-electron chi connectivity index (χ4n) is 1.91. The van der Waals surface area contributed by atoms with E-state index in [1.165, 1.54) is 55.6 Å². The predicted octanol–water partition coefficient (Wildman–Crippen LogP) is 1.62. The van der Waals surface area contributed by atoms with Crippen LogP contribution in [0, 0.1) is 5.82 Å². The van der Waals surface area contributed by atoms with Gasteiger partial charge < -0.3 is 4.74 Å². The summed E-state index contributed by atoms with van der Waals surface area (Å²) >= 11 is 0.